The first-order chi connectivity index (χ1) is 23.4. The molecule has 2 aliphatic carbocycles. The number of benzene rings is 2. The summed E-state index contributed by atoms with van der Waals surface area (Å²) in [5.74, 6) is 0.209. The zero-order valence-corrected chi connectivity index (χ0v) is 33.2. The topological polar surface area (TPSA) is 83.6 Å². The van der Waals surface area contributed by atoms with E-state index in [2.05, 4.69) is 142 Å². The van der Waals surface area contributed by atoms with Crippen LogP contribution < -0.4 is 0 Å². The highest BCUT2D eigenvalue weighted by Gasteiger charge is 2.35. The van der Waals surface area contributed by atoms with Gasteiger partial charge in [-0.15, -0.1) is 0 Å². The molecule has 268 valence electrons. The second-order valence-electron chi connectivity index (χ2n) is 18.3. The molecule has 6 heteroatoms. The maximum Gasteiger partial charge on any atom is 0.186 e. The molecule has 0 heterocycles. The molecule has 0 fully saturated rings. The van der Waals surface area contributed by atoms with Crippen LogP contribution in [-0.4, -0.2) is 11.6 Å². The van der Waals surface area contributed by atoms with Crippen molar-refractivity contribution in [3.8, 4) is 0 Å². The number of carbonyl (C=O) groups excluding carboxylic acids is 2. The van der Waals surface area contributed by atoms with Crippen LogP contribution in [-0.2, 0) is 15.0 Å². The third-order valence-corrected chi connectivity index (χ3v) is 9.39. The Hall–Kier alpha value is -4.58. The average Bonchev–Trinajstić information content (AvgIpc) is 3.00. The molecule has 0 bridgehead atoms. The summed E-state index contributed by atoms with van der Waals surface area (Å²) in [7, 11) is 0. The van der Waals surface area contributed by atoms with E-state index in [1.807, 2.05) is 48.6 Å². The van der Waals surface area contributed by atoms with E-state index < -0.39 is 0 Å². The molecule has 2 aromatic carbocycles. The Bertz CT molecular complexity index is 1710. The van der Waals surface area contributed by atoms with E-state index >= 15 is 0 Å². The number of nitrogens with zero attached hydrogens (tertiary/aromatic N) is 4. The minimum absolute atomic E-state index is 0.105. The van der Waals surface area contributed by atoms with Crippen LogP contribution in [0.2, 0.25) is 0 Å². The number of rotatable bonds is 6. The van der Waals surface area contributed by atoms with Gasteiger partial charge in [0, 0.05) is 27.7 Å². The Kier molecular flexibility index (Phi) is 10.9. The van der Waals surface area contributed by atoms with Crippen LogP contribution in [0.3, 0.4) is 0 Å². The summed E-state index contributed by atoms with van der Waals surface area (Å²) in [6.45, 7) is 29.1. The van der Waals surface area contributed by atoms with Gasteiger partial charge in [0.05, 0.1) is 23.8 Å². The van der Waals surface area contributed by atoms with Crippen LogP contribution in [0.25, 0.3) is 0 Å². The van der Waals surface area contributed by atoms with Gasteiger partial charge in [-0.25, -0.2) is 0 Å². The van der Waals surface area contributed by atoms with Crippen molar-refractivity contribution in [3.05, 3.63) is 130 Å². The standard InChI is InChI=1S/C45H56N4O2/c1-41(2,3)35-23-29(24-36(39(35)50)42(4,5)6)27-46-48-33-19-15-31(16-20-33)45(13,14)32-17-21-34(22-18-32)49-47-28-30-25-37(43(7,8)9)40(51)38(26-30)44(10,11)12/h15-28H,1-14H3/b48-46+,49-47+. The van der Waals surface area contributed by atoms with Gasteiger partial charge in [-0.1, -0.05) is 121 Å². The van der Waals surface area contributed by atoms with Crippen molar-refractivity contribution in [2.24, 2.45) is 42.1 Å². The van der Waals surface area contributed by atoms with Gasteiger partial charge < -0.3 is 0 Å². The van der Waals surface area contributed by atoms with Crippen molar-refractivity contribution in [3.63, 3.8) is 0 Å². The lowest BCUT2D eigenvalue weighted by Gasteiger charge is -2.31. The Labute approximate surface area is 306 Å². The molecule has 0 N–H and O–H groups in total. The van der Waals surface area contributed by atoms with Crippen LogP contribution in [0.1, 0.15) is 108 Å². The molecule has 4 rings (SSSR count). The summed E-state index contributed by atoms with van der Waals surface area (Å²) in [5, 5.41) is 17.7. The van der Waals surface area contributed by atoms with Gasteiger partial charge in [0.2, 0.25) is 0 Å². The maximum atomic E-state index is 13.2. The first-order valence-corrected chi connectivity index (χ1v) is 17.8. The Morgan fingerprint density at radius 3 is 0.902 bits per heavy atom. The van der Waals surface area contributed by atoms with Crippen molar-refractivity contribution in [2.75, 3.05) is 0 Å². The van der Waals surface area contributed by atoms with E-state index in [1.54, 1.807) is 12.4 Å². The molecule has 0 saturated carbocycles. The fourth-order valence-corrected chi connectivity index (χ4v) is 6.06. The normalized spacial score (nSPS) is 16.7. The van der Waals surface area contributed by atoms with Crippen LogP contribution in [0.5, 0.6) is 0 Å². The molecule has 0 aromatic heterocycles. The van der Waals surface area contributed by atoms with Gasteiger partial charge in [-0.05, 0) is 92.5 Å². The predicted octanol–water partition coefficient (Wildman–Crippen LogP) is 13.0. The molecule has 0 aliphatic heterocycles. The fraction of sp³-hybridized carbons (Fsp3) is 0.422. The lowest BCUT2D eigenvalue weighted by molar-refractivity contribution is -0.114. The first-order valence-electron chi connectivity index (χ1n) is 17.8. The van der Waals surface area contributed by atoms with Gasteiger partial charge >= 0.3 is 0 Å². The molecule has 2 aliphatic rings. The molecule has 0 unspecified atom stereocenters. The van der Waals surface area contributed by atoms with E-state index in [4.69, 9.17) is 0 Å². The Morgan fingerprint density at radius 1 is 0.412 bits per heavy atom. The molecule has 0 amide bonds. The number of Topliss-reactive ketones (excluding diaryl/α,β-unsaturated/α-hetero) is 2. The predicted molar refractivity (Wildman–Crippen MR) is 210 cm³/mol. The molecule has 0 radical (unpaired) electrons. The number of ketones is 2. The Morgan fingerprint density at radius 2 is 0.667 bits per heavy atom. The monoisotopic (exact) mass is 684 g/mol. The zero-order chi connectivity index (χ0) is 38.2. The molecule has 51 heavy (non-hydrogen) atoms. The SMILES string of the molecule is CC(C)(C)C1=CC(=C/N=N/c2ccc(C(C)(C)c3ccc(/N=N/C=C4C=C(C(C)(C)C)C(=O)C(C(C)(C)C)=C4)cc3)cc2)C=C(C(C)(C)C)C1=O. The van der Waals surface area contributed by atoms with Crippen LogP contribution in [0.15, 0.2) is 139 Å². The molecule has 0 atom stereocenters. The van der Waals surface area contributed by atoms with Crippen molar-refractivity contribution >= 4 is 22.9 Å². The number of allylic oxidation sites excluding steroid dienone is 10. The molecule has 0 saturated heterocycles. The van der Waals surface area contributed by atoms with Crippen molar-refractivity contribution in [1.29, 1.82) is 0 Å². The second kappa shape index (κ2) is 14.2. The molecule has 0 spiro atoms. The summed E-state index contributed by atoms with van der Waals surface area (Å²) in [4.78, 5) is 26.4. The van der Waals surface area contributed by atoms with Gasteiger partial charge in [-0.3, -0.25) is 9.59 Å². The van der Waals surface area contributed by atoms with Gasteiger partial charge in [0.15, 0.2) is 11.6 Å². The summed E-state index contributed by atoms with van der Waals surface area (Å²) in [6.07, 6.45) is 11.2. The molecule has 2 aromatic rings. The van der Waals surface area contributed by atoms with Gasteiger partial charge in [0.25, 0.3) is 0 Å². The summed E-state index contributed by atoms with van der Waals surface area (Å²) >= 11 is 0. The zero-order valence-electron chi connectivity index (χ0n) is 33.2. The van der Waals surface area contributed by atoms with Gasteiger partial charge in [-0.2, -0.15) is 20.5 Å². The average molecular weight is 685 g/mol. The first kappa shape index (κ1) is 39.2. The van der Waals surface area contributed by atoms with Crippen molar-refractivity contribution < 1.29 is 9.59 Å². The van der Waals surface area contributed by atoms with E-state index in [1.165, 1.54) is 0 Å². The molecule has 6 nitrogen and oxygen atoms in total. The van der Waals surface area contributed by atoms with Crippen molar-refractivity contribution in [2.45, 2.75) is 102 Å². The van der Waals surface area contributed by atoms with E-state index in [9.17, 15) is 9.59 Å². The van der Waals surface area contributed by atoms with Gasteiger partial charge in [0.1, 0.15) is 0 Å². The Balaban J connectivity index is 1.50. The quantitative estimate of drug-likeness (QED) is 0.284. The minimum Gasteiger partial charge on any atom is -0.289 e. The largest absolute Gasteiger partial charge is 0.289 e. The van der Waals surface area contributed by atoms with Crippen molar-refractivity contribution in [1.82, 2.24) is 0 Å². The number of hydrogen-bond acceptors (Lipinski definition) is 6. The summed E-state index contributed by atoms with van der Waals surface area (Å²) < 4.78 is 0. The smallest absolute Gasteiger partial charge is 0.186 e. The van der Waals surface area contributed by atoms with E-state index in [0.717, 1.165) is 55.9 Å². The fourth-order valence-electron chi connectivity index (χ4n) is 6.06. The molecular formula is C45H56N4O2. The van der Waals surface area contributed by atoms with E-state index in [-0.39, 0.29) is 38.6 Å². The molecular weight excluding hydrogens is 629 g/mol. The number of carbonyl (C=O) groups is 2. The summed E-state index contributed by atoms with van der Waals surface area (Å²) in [6, 6.07) is 16.3. The second-order valence-corrected chi connectivity index (χ2v) is 18.3. The third kappa shape index (κ3) is 9.40. The highest BCUT2D eigenvalue weighted by molar-refractivity contribution is 6.12. The van der Waals surface area contributed by atoms with Crippen LogP contribution in [0.4, 0.5) is 11.4 Å². The van der Waals surface area contributed by atoms with Crippen LogP contribution in [0, 0.1) is 21.7 Å². The van der Waals surface area contributed by atoms with E-state index in [0.29, 0.717) is 0 Å². The highest BCUT2D eigenvalue weighted by Crippen LogP contribution is 2.40. The third-order valence-electron chi connectivity index (χ3n) is 9.39. The maximum absolute atomic E-state index is 13.2. The van der Waals surface area contributed by atoms with Crippen LogP contribution >= 0.6 is 0 Å². The number of azo groups is 2. The number of hydrogen-bond donors (Lipinski definition) is 0. The highest BCUT2D eigenvalue weighted by atomic mass is 16.1. The summed E-state index contributed by atoms with van der Waals surface area (Å²) in [5.41, 5.74) is 7.32. The minimum atomic E-state index is -0.274. The lowest BCUT2D eigenvalue weighted by atomic mass is 9.72. The lowest BCUT2D eigenvalue weighted by Crippen LogP contribution is -2.27.